The summed E-state index contributed by atoms with van der Waals surface area (Å²) in [6.45, 7) is 5.14. The summed E-state index contributed by atoms with van der Waals surface area (Å²) in [7, 11) is 3.58. The van der Waals surface area contributed by atoms with Gasteiger partial charge in [-0.05, 0) is 31.7 Å². The van der Waals surface area contributed by atoms with E-state index < -0.39 is 0 Å². The van der Waals surface area contributed by atoms with Gasteiger partial charge in [0.25, 0.3) is 0 Å². The van der Waals surface area contributed by atoms with Crippen LogP contribution in [0.5, 0.6) is 0 Å². The van der Waals surface area contributed by atoms with E-state index in [1.807, 2.05) is 32.3 Å². The van der Waals surface area contributed by atoms with Gasteiger partial charge >= 0.3 is 0 Å². The van der Waals surface area contributed by atoms with Gasteiger partial charge < -0.3 is 14.8 Å². The van der Waals surface area contributed by atoms with Crippen LogP contribution in [0.3, 0.4) is 0 Å². The van der Waals surface area contributed by atoms with E-state index in [0.717, 1.165) is 22.5 Å². The number of methoxy groups -OCH3 is 1. The van der Waals surface area contributed by atoms with E-state index in [-0.39, 0.29) is 5.60 Å². The van der Waals surface area contributed by atoms with Crippen molar-refractivity contribution in [3.63, 3.8) is 0 Å². The fraction of sp³-hybridized carbons (Fsp3) is 0.571. The molecule has 0 aromatic carbocycles. The van der Waals surface area contributed by atoms with Crippen LogP contribution in [0.15, 0.2) is 11.4 Å². The zero-order valence-corrected chi connectivity index (χ0v) is 13.2. The van der Waals surface area contributed by atoms with Crippen LogP contribution in [0.1, 0.15) is 26.1 Å². The number of nitrogens with one attached hydrogen (secondary N) is 1. The number of ether oxygens (including phenoxy) is 2. The van der Waals surface area contributed by atoms with E-state index in [1.54, 1.807) is 18.4 Å². The van der Waals surface area contributed by atoms with E-state index in [0.29, 0.717) is 19.0 Å². The predicted octanol–water partition coefficient (Wildman–Crippen LogP) is 3.06. The third-order valence-corrected chi connectivity index (χ3v) is 4.05. The molecule has 0 unspecified atom stereocenters. The van der Waals surface area contributed by atoms with Crippen LogP contribution in [-0.4, -0.2) is 36.3 Å². The Morgan fingerprint density at radius 2 is 2.15 bits per heavy atom. The van der Waals surface area contributed by atoms with Crippen molar-refractivity contribution in [3.05, 3.63) is 17.3 Å². The fourth-order valence-electron chi connectivity index (χ4n) is 1.74. The summed E-state index contributed by atoms with van der Waals surface area (Å²) in [6, 6.07) is 2.03. The van der Waals surface area contributed by atoms with E-state index >= 15 is 0 Å². The van der Waals surface area contributed by atoms with Crippen molar-refractivity contribution in [3.8, 4) is 0 Å². The molecule has 2 aromatic rings. The van der Waals surface area contributed by atoms with Crippen LogP contribution >= 0.6 is 11.3 Å². The number of rotatable bonds is 7. The van der Waals surface area contributed by atoms with Gasteiger partial charge in [0.05, 0.1) is 11.0 Å². The lowest BCUT2D eigenvalue weighted by Crippen LogP contribution is -2.24. The van der Waals surface area contributed by atoms with Crippen molar-refractivity contribution < 1.29 is 9.47 Å². The molecule has 2 heterocycles. The van der Waals surface area contributed by atoms with Gasteiger partial charge in [-0.25, -0.2) is 9.97 Å². The third kappa shape index (κ3) is 3.65. The van der Waals surface area contributed by atoms with Gasteiger partial charge in [0.15, 0.2) is 5.82 Å². The predicted molar refractivity (Wildman–Crippen MR) is 82.3 cm³/mol. The minimum absolute atomic E-state index is 0.158. The molecular weight excluding hydrogens is 274 g/mol. The summed E-state index contributed by atoms with van der Waals surface area (Å²) in [4.78, 5) is 9.97. The van der Waals surface area contributed by atoms with Gasteiger partial charge in [0, 0.05) is 20.8 Å². The van der Waals surface area contributed by atoms with Crippen LogP contribution < -0.4 is 5.32 Å². The Bertz CT molecular complexity index is 569. The number of hydrogen-bond donors (Lipinski definition) is 1. The molecule has 0 fully saturated rings. The molecule has 0 aliphatic rings. The highest BCUT2D eigenvalue weighted by atomic mass is 32.1. The van der Waals surface area contributed by atoms with Crippen LogP contribution in [-0.2, 0) is 16.1 Å². The van der Waals surface area contributed by atoms with Crippen molar-refractivity contribution in [1.29, 1.82) is 0 Å². The van der Waals surface area contributed by atoms with E-state index in [2.05, 4.69) is 15.3 Å². The quantitative estimate of drug-likeness (QED) is 0.796. The minimum Gasteiger partial charge on any atom is -0.379 e. The van der Waals surface area contributed by atoms with Gasteiger partial charge in [-0.3, -0.25) is 0 Å². The molecule has 0 bridgehead atoms. The zero-order valence-electron chi connectivity index (χ0n) is 12.4. The third-order valence-electron chi connectivity index (χ3n) is 3.24. The lowest BCUT2D eigenvalue weighted by Gasteiger charge is -2.22. The highest BCUT2D eigenvalue weighted by Gasteiger charge is 2.16. The molecule has 0 radical (unpaired) electrons. The molecule has 2 aromatic heterocycles. The SMILES string of the molecule is CNc1nc(COCCC(C)(C)OC)nc2sccc12. The Morgan fingerprint density at radius 3 is 2.85 bits per heavy atom. The van der Waals surface area contributed by atoms with Crippen molar-refractivity contribution >= 4 is 27.4 Å². The first kappa shape index (κ1) is 15.2. The Balaban J connectivity index is 1.96. The Kier molecular flexibility index (Phi) is 4.91. The van der Waals surface area contributed by atoms with E-state index in [9.17, 15) is 0 Å². The van der Waals surface area contributed by atoms with Crippen molar-refractivity contribution in [1.82, 2.24) is 9.97 Å². The average molecular weight is 295 g/mol. The topological polar surface area (TPSA) is 56.3 Å². The molecule has 0 aliphatic carbocycles. The summed E-state index contributed by atoms with van der Waals surface area (Å²) < 4.78 is 11.0. The highest BCUT2D eigenvalue weighted by Crippen LogP contribution is 2.24. The summed E-state index contributed by atoms with van der Waals surface area (Å²) in [5, 5.41) is 6.18. The zero-order chi connectivity index (χ0) is 14.6. The molecule has 1 N–H and O–H groups in total. The summed E-state index contributed by atoms with van der Waals surface area (Å²) in [5.74, 6) is 1.56. The van der Waals surface area contributed by atoms with Gasteiger partial charge in [-0.15, -0.1) is 11.3 Å². The normalized spacial score (nSPS) is 12.0. The molecule has 6 heteroatoms. The first-order valence-electron chi connectivity index (χ1n) is 6.60. The van der Waals surface area contributed by atoms with Crippen LogP contribution in [0.4, 0.5) is 5.82 Å². The number of anilines is 1. The molecule has 0 aliphatic heterocycles. The maximum atomic E-state index is 5.65. The Morgan fingerprint density at radius 1 is 1.35 bits per heavy atom. The lowest BCUT2D eigenvalue weighted by molar-refractivity contribution is -0.0131. The molecule has 2 rings (SSSR count). The molecule has 0 amide bonds. The molecule has 0 saturated carbocycles. The first-order chi connectivity index (χ1) is 9.55. The van der Waals surface area contributed by atoms with Gasteiger partial charge in [0.2, 0.25) is 0 Å². The number of nitrogens with zero attached hydrogens (tertiary/aromatic N) is 2. The summed E-state index contributed by atoms with van der Waals surface area (Å²) >= 11 is 1.61. The van der Waals surface area contributed by atoms with Gasteiger partial charge in [-0.2, -0.15) is 0 Å². The van der Waals surface area contributed by atoms with Crippen LogP contribution in [0, 0.1) is 0 Å². The number of aromatic nitrogens is 2. The maximum absolute atomic E-state index is 5.65. The molecule has 0 atom stereocenters. The summed E-state index contributed by atoms with van der Waals surface area (Å²) in [5.41, 5.74) is -0.158. The lowest BCUT2D eigenvalue weighted by atomic mass is 10.1. The van der Waals surface area contributed by atoms with E-state index in [4.69, 9.17) is 9.47 Å². The molecule has 110 valence electrons. The second kappa shape index (κ2) is 6.47. The molecule has 0 saturated heterocycles. The smallest absolute Gasteiger partial charge is 0.158 e. The standard InChI is InChI=1S/C14H21N3O2S/c1-14(2,18-4)6-7-19-9-11-16-12(15-3)10-5-8-20-13(10)17-11/h5,8H,6-7,9H2,1-4H3,(H,15,16,17). The molecule has 5 nitrogen and oxygen atoms in total. The largest absolute Gasteiger partial charge is 0.379 e. The molecule has 20 heavy (non-hydrogen) atoms. The second-order valence-corrected chi connectivity index (χ2v) is 6.04. The first-order valence-corrected chi connectivity index (χ1v) is 7.48. The second-order valence-electron chi connectivity index (χ2n) is 5.14. The van der Waals surface area contributed by atoms with Gasteiger partial charge in [-0.1, -0.05) is 0 Å². The minimum atomic E-state index is -0.158. The van der Waals surface area contributed by atoms with Crippen LogP contribution in [0.25, 0.3) is 10.2 Å². The van der Waals surface area contributed by atoms with Crippen LogP contribution in [0.2, 0.25) is 0 Å². The van der Waals surface area contributed by atoms with Crippen molar-refractivity contribution in [2.75, 3.05) is 26.1 Å². The fourth-order valence-corrected chi connectivity index (χ4v) is 2.52. The average Bonchev–Trinajstić information content (AvgIpc) is 2.91. The Hall–Kier alpha value is -1.24. The number of thiophene rings is 1. The molecule has 0 spiro atoms. The maximum Gasteiger partial charge on any atom is 0.158 e. The number of fused-ring (bicyclic) bond motifs is 1. The monoisotopic (exact) mass is 295 g/mol. The van der Waals surface area contributed by atoms with Gasteiger partial charge in [0.1, 0.15) is 17.3 Å². The summed E-state index contributed by atoms with van der Waals surface area (Å²) in [6.07, 6.45) is 0.837. The Labute approximate surface area is 123 Å². The van der Waals surface area contributed by atoms with Crippen molar-refractivity contribution in [2.24, 2.45) is 0 Å². The molecular formula is C14H21N3O2S. The van der Waals surface area contributed by atoms with Crippen molar-refractivity contribution in [2.45, 2.75) is 32.5 Å². The highest BCUT2D eigenvalue weighted by molar-refractivity contribution is 7.16. The number of hydrogen-bond acceptors (Lipinski definition) is 6. The van der Waals surface area contributed by atoms with E-state index in [1.165, 1.54) is 0 Å².